The molecule has 0 aromatic heterocycles. The Kier molecular flexibility index (Phi) is 14.3. The molecule has 6 heteroatoms. The fourth-order valence-corrected chi connectivity index (χ4v) is 3.57. The molecule has 0 aliphatic carbocycles. The van der Waals surface area contributed by atoms with Crippen molar-refractivity contribution >= 4 is 11.9 Å². The highest BCUT2D eigenvalue weighted by Gasteiger charge is 2.12. The van der Waals surface area contributed by atoms with Crippen LogP contribution in [0.15, 0.2) is 48.5 Å². The van der Waals surface area contributed by atoms with Crippen LogP contribution in [0.25, 0.3) is 0 Å². The van der Waals surface area contributed by atoms with E-state index in [1.165, 1.54) is 32.1 Å². The van der Waals surface area contributed by atoms with Crippen molar-refractivity contribution in [1.29, 1.82) is 0 Å². The summed E-state index contributed by atoms with van der Waals surface area (Å²) in [6.45, 7) is 5.44. The molecule has 198 valence electrons. The predicted molar refractivity (Wildman–Crippen MR) is 142 cm³/mol. The van der Waals surface area contributed by atoms with Crippen LogP contribution in [0.5, 0.6) is 11.5 Å². The number of esters is 2. The Hall–Kier alpha value is -2.86. The van der Waals surface area contributed by atoms with Crippen molar-refractivity contribution in [2.24, 2.45) is 5.92 Å². The van der Waals surface area contributed by atoms with Gasteiger partial charge < -0.3 is 19.3 Å². The summed E-state index contributed by atoms with van der Waals surface area (Å²) in [7, 11) is 0. The molecule has 36 heavy (non-hydrogen) atoms. The van der Waals surface area contributed by atoms with Gasteiger partial charge in [-0.1, -0.05) is 65.2 Å². The molecule has 0 fully saturated rings. The first-order valence-corrected chi connectivity index (χ1v) is 13.4. The van der Waals surface area contributed by atoms with Gasteiger partial charge in [0.2, 0.25) is 0 Å². The minimum Gasteiger partial charge on any atom is -0.494 e. The summed E-state index contributed by atoms with van der Waals surface area (Å²) in [6, 6.07) is 13.3. The van der Waals surface area contributed by atoms with Crippen molar-refractivity contribution in [2.45, 2.75) is 78.1 Å². The number of hydrogen-bond acceptors (Lipinski definition) is 6. The van der Waals surface area contributed by atoms with E-state index >= 15 is 0 Å². The Labute approximate surface area is 216 Å². The van der Waals surface area contributed by atoms with Crippen LogP contribution in [0.4, 0.5) is 0 Å². The molecule has 2 aromatic rings. The lowest BCUT2D eigenvalue weighted by atomic mass is 10.1. The highest BCUT2D eigenvalue weighted by Crippen LogP contribution is 2.18. The van der Waals surface area contributed by atoms with Crippen LogP contribution in [-0.2, 0) is 4.74 Å². The van der Waals surface area contributed by atoms with Crippen LogP contribution >= 0.6 is 0 Å². The molecule has 2 rings (SSSR count). The van der Waals surface area contributed by atoms with Crippen molar-refractivity contribution in [2.75, 3.05) is 19.8 Å². The van der Waals surface area contributed by atoms with Crippen molar-refractivity contribution < 1.29 is 28.9 Å². The number of unbranched alkanes of at least 4 members (excludes halogenated alkanes) is 8. The molecule has 6 nitrogen and oxygen atoms in total. The van der Waals surface area contributed by atoms with Crippen LogP contribution in [0.3, 0.4) is 0 Å². The molecule has 0 saturated heterocycles. The normalized spacial score (nSPS) is 11.6. The van der Waals surface area contributed by atoms with Crippen LogP contribution < -0.4 is 9.47 Å². The minimum atomic E-state index is -0.468. The largest absolute Gasteiger partial charge is 0.494 e. The van der Waals surface area contributed by atoms with Crippen LogP contribution in [0.1, 0.15) is 98.8 Å². The van der Waals surface area contributed by atoms with Crippen molar-refractivity contribution in [3.8, 4) is 11.5 Å². The van der Waals surface area contributed by atoms with Gasteiger partial charge in [-0.15, -0.1) is 0 Å². The van der Waals surface area contributed by atoms with Crippen molar-refractivity contribution in [1.82, 2.24) is 0 Å². The molecule has 0 heterocycles. The monoisotopic (exact) mass is 498 g/mol. The van der Waals surface area contributed by atoms with Gasteiger partial charge >= 0.3 is 11.9 Å². The zero-order valence-corrected chi connectivity index (χ0v) is 21.9. The fraction of sp³-hybridized carbons (Fsp3) is 0.533. The van der Waals surface area contributed by atoms with E-state index in [0.717, 1.165) is 37.9 Å². The maximum absolute atomic E-state index is 12.4. The molecule has 0 amide bonds. The Balaban J connectivity index is 1.64. The van der Waals surface area contributed by atoms with Crippen LogP contribution in [-0.4, -0.2) is 36.9 Å². The maximum atomic E-state index is 12.4. The first kappa shape index (κ1) is 29.4. The van der Waals surface area contributed by atoms with E-state index in [1.807, 2.05) is 6.92 Å². The first-order valence-electron chi connectivity index (χ1n) is 13.4. The molecule has 0 spiro atoms. The van der Waals surface area contributed by atoms with E-state index in [9.17, 15) is 9.59 Å². The number of ether oxygens (including phenoxy) is 3. The standard InChI is InChI=1S/C30H42O6/c1-3-24(2)23-35-29(32)25-15-19-28(20-16-25)36-30(33)26-13-17-27(18-14-26)34-22-12-10-8-6-4-5-7-9-11-21-31/h13-20,24,31H,3-12,21-23H2,1-2H3. The van der Waals surface area contributed by atoms with E-state index in [2.05, 4.69) is 6.92 Å². The Morgan fingerprint density at radius 1 is 0.722 bits per heavy atom. The summed E-state index contributed by atoms with van der Waals surface area (Å²) in [5.74, 6) is 0.568. The third-order valence-electron chi connectivity index (χ3n) is 6.16. The smallest absolute Gasteiger partial charge is 0.343 e. The number of rotatable bonds is 18. The number of aliphatic hydroxyl groups is 1. The Morgan fingerprint density at radius 3 is 1.78 bits per heavy atom. The third kappa shape index (κ3) is 11.7. The number of benzene rings is 2. The summed E-state index contributed by atoms with van der Waals surface area (Å²) in [4.78, 5) is 24.5. The molecule has 0 radical (unpaired) electrons. The zero-order chi connectivity index (χ0) is 26.0. The molecule has 1 unspecified atom stereocenters. The van der Waals surface area contributed by atoms with E-state index in [4.69, 9.17) is 19.3 Å². The summed E-state index contributed by atoms with van der Waals surface area (Å²) >= 11 is 0. The molecular weight excluding hydrogens is 456 g/mol. The van der Waals surface area contributed by atoms with E-state index in [0.29, 0.717) is 42.6 Å². The summed E-state index contributed by atoms with van der Waals surface area (Å²) in [5, 5.41) is 8.77. The maximum Gasteiger partial charge on any atom is 0.343 e. The van der Waals surface area contributed by atoms with E-state index in [1.54, 1.807) is 48.5 Å². The molecule has 0 aliphatic heterocycles. The highest BCUT2D eigenvalue weighted by molar-refractivity contribution is 5.92. The van der Waals surface area contributed by atoms with Gasteiger partial charge in [-0.25, -0.2) is 9.59 Å². The quantitative estimate of drug-likeness (QED) is 0.135. The molecular formula is C30H42O6. The van der Waals surface area contributed by atoms with Gasteiger partial charge in [0.1, 0.15) is 11.5 Å². The summed E-state index contributed by atoms with van der Waals surface area (Å²) in [5.41, 5.74) is 0.854. The van der Waals surface area contributed by atoms with Gasteiger partial charge in [0.05, 0.1) is 24.3 Å². The second kappa shape index (κ2) is 17.6. The molecule has 0 aliphatic rings. The van der Waals surface area contributed by atoms with E-state index in [-0.39, 0.29) is 5.97 Å². The average Bonchev–Trinajstić information content (AvgIpc) is 2.90. The van der Waals surface area contributed by atoms with Gasteiger partial charge in [0.25, 0.3) is 0 Å². The second-order valence-corrected chi connectivity index (χ2v) is 9.30. The minimum absolute atomic E-state index is 0.306. The number of hydrogen-bond donors (Lipinski definition) is 1. The molecule has 0 bridgehead atoms. The van der Waals surface area contributed by atoms with E-state index < -0.39 is 5.97 Å². The summed E-state index contributed by atoms with van der Waals surface area (Å²) < 4.78 is 16.5. The van der Waals surface area contributed by atoms with Gasteiger partial charge in [-0.05, 0) is 67.3 Å². The Morgan fingerprint density at radius 2 is 1.22 bits per heavy atom. The molecule has 1 N–H and O–H groups in total. The third-order valence-corrected chi connectivity index (χ3v) is 6.16. The lowest BCUT2D eigenvalue weighted by Crippen LogP contribution is -2.12. The molecule has 1 atom stereocenters. The highest BCUT2D eigenvalue weighted by atomic mass is 16.5. The van der Waals surface area contributed by atoms with Gasteiger partial charge in [0, 0.05) is 6.61 Å². The van der Waals surface area contributed by atoms with Gasteiger partial charge in [-0.2, -0.15) is 0 Å². The number of carbonyl (C=O) groups excluding carboxylic acids is 2. The fourth-order valence-electron chi connectivity index (χ4n) is 3.57. The first-order chi connectivity index (χ1) is 17.5. The second-order valence-electron chi connectivity index (χ2n) is 9.30. The van der Waals surface area contributed by atoms with Gasteiger partial charge in [0.15, 0.2) is 0 Å². The predicted octanol–water partition coefficient (Wildman–Crippen LogP) is 6.99. The Bertz CT molecular complexity index is 875. The van der Waals surface area contributed by atoms with Crippen LogP contribution in [0, 0.1) is 5.92 Å². The summed E-state index contributed by atoms with van der Waals surface area (Å²) in [6.07, 6.45) is 11.4. The molecule has 2 aromatic carbocycles. The lowest BCUT2D eigenvalue weighted by molar-refractivity contribution is 0.0447. The number of aliphatic hydroxyl groups excluding tert-OH is 1. The number of carbonyl (C=O) groups is 2. The van der Waals surface area contributed by atoms with Crippen molar-refractivity contribution in [3.05, 3.63) is 59.7 Å². The average molecular weight is 499 g/mol. The van der Waals surface area contributed by atoms with Crippen molar-refractivity contribution in [3.63, 3.8) is 0 Å². The SMILES string of the molecule is CCC(C)COC(=O)c1ccc(OC(=O)c2ccc(OCCCCCCCCCCCO)cc2)cc1. The zero-order valence-electron chi connectivity index (χ0n) is 21.9. The molecule has 0 saturated carbocycles. The topological polar surface area (TPSA) is 82.1 Å². The van der Waals surface area contributed by atoms with Gasteiger partial charge in [-0.3, -0.25) is 0 Å². The van der Waals surface area contributed by atoms with Crippen LogP contribution in [0.2, 0.25) is 0 Å². The lowest BCUT2D eigenvalue weighted by Gasteiger charge is -2.10.